The summed E-state index contributed by atoms with van der Waals surface area (Å²) in [4.78, 5) is 24.8. The predicted octanol–water partition coefficient (Wildman–Crippen LogP) is 4.04. The van der Waals surface area contributed by atoms with Gasteiger partial charge in [0.15, 0.2) is 0 Å². The van der Waals surface area contributed by atoms with Gasteiger partial charge in [0.1, 0.15) is 5.82 Å². The fourth-order valence-corrected chi connectivity index (χ4v) is 4.52. The maximum absolute atomic E-state index is 4.91. The van der Waals surface area contributed by atoms with Gasteiger partial charge in [0, 0.05) is 47.8 Å². The second-order valence-electron chi connectivity index (χ2n) is 7.75. The number of fused-ring (bicyclic) bond motifs is 1. The van der Waals surface area contributed by atoms with Crippen LogP contribution in [0.2, 0.25) is 0 Å². The molecule has 1 saturated heterocycles. The second kappa shape index (κ2) is 8.47. The van der Waals surface area contributed by atoms with E-state index in [9.17, 15) is 0 Å². The van der Waals surface area contributed by atoms with Crippen LogP contribution in [0.5, 0.6) is 0 Å². The van der Waals surface area contributed by atoms with Crippen LogP contribution in [0.4, 0.5) is 17.7 Å². The number of aryl methyl sites for hydroxylation is 2. The quantitative estimate of drug-likeness (QED) is 0.511. The first kappa shape index (κ1) is 19.7. The number of benzene rings is 1. The molecule has 7 nitrogen and oxygen atoms in total. The number of nitrogens with one attached hydrogen (secondary N) is 1. The summed E-state index contributed by atoms with van der Waals surface area (Å²) in [6.45, 7) is 8.15. The van der Waals surface area contributed by atoms with E-state index in [0.717, 1.165) is 72.7 Å². The topological polar surface area (TPSA) is 70.1 Å². The summed E-state index contributed by atoms with van der Waals surface area (Å²) >= 11 is 1.75. The molecule has 0 aliphatic carbocycles. The Morgan fingerprint density at radius 2 is 1.52 bits per heavy atom. The molecule has 8 heteroatoms. The lowest BCUT2D eigenvalue weighted by atomic mass is 10.2. The molecule has 0 spiro atoms. The Kier molecular flexibility index (Phi) is 5.38. The lowest BCUT2D eigenvalue weighted by molar-refractivity contribution is 0.627. The number of para-hydroxylation sites is 1. The van der Waals surface area contributed by atoms with Gasteiger partial charge in [0.25, 0.3) is 0 Å². The fourth-order valence-electron chi connectivity index (χ4n) is 3.88. The van der Waals surface area contributed by atoms with Gasteiger partial charge in [-0.1, -0.05) is 18.2 Å². The van der Waals surface area contributed by atoms with Crippen molar-refractivity contribution in [3.05, 3.63) is 64.1 Å². The molecule has 0 saturated carbocycles. The molecule has 1 aromatic carbocycles. The van der Waals surface area contributed by atoms with Crippen molar-refractivity contribution in [2.24, 2.45) is 0 Å². The summed E-state index contributed by atoms with van der Waals surface area (Å²) < 4.78 is 0. The Hall–Kier alpha value is -3.26. The minimum atomic E-state index is 0.760. The average Bonchev–Trinajstić information content (AvgIpc) is 3.30. The van der Waals surface area contributed by atoms with E-state index in [-0.39, 0.29) is 0 Å². The molecule has 31 heavy (non-hydrogen) atoms. The Balaban J connectivity index is 1.36. The van der Waals surface area contributed by atoms with Crippen LogP contribution in [0.1, 0.15) is 16.3 Å². The van der Waals surface area contributed by atoms with Crippen molar-refractivity contribution in [3.63, 3.8) is 0 Å². The zero-order chi connectivity index (χ0) is 21.2. The summed E-state index contributed by atoms with van der Waals surface area (Å²) in [7, 11) is 0. The molecule has 1 fully saturated rings. The highest BCUT2D eigenvalue weighted by atomic mass is 32.1. The molecule has 3 aromatic heterocycles. The SMILES string of the molecule is Cc1cc(C)nc(N2CCN(c3nc(NCc4cccs4)c4ccccc4n3)CC2)n1. The molecular formula is C23H25N7S. The molecule has 0 atom stereocenters. The van der Waals surface area contributed by atoms with E-state index in [1.807, 2.05) is 32.0 Å². The lowest BCUT2D eigenvalue weighted by Crippen LogP contribution is -2.47. The molecule has 0 amide bonds. The van der Waals surface area contributed by atoms with Crippen molar-refractivity contribution in [3.8, 4) is 0 Å². The van der Waals surface area contributed by atoms with Gasteiger partial charge in [0.05, 0.1) is 12.1 Å². The summed E-state index contributed by atoms with van der Waals surface area (Å²) in [5.41, 5.74) is 2.97. The Morgan fingerprint density at radius 3 is 2.19 bits per heavy atom. The number of piperazine rings is 1. The molecule has 0 radical (unpaired) electrons. The van der Waals surface area contributed by atoms with E-state index in [1.165, 1.54) is 4.88 Å². The zero-order valence-corrected chi connectivity index (χ0v) is 18.6. The summed E-state index contributed by atoms with van der Waals surface area (Å²) in [5.74, 6) is 2.47. The van der Waals surface area contributed by atoms with Crippen LogP contribution in [-0.2, 0) is 6.54 Å². The van der Waals surface area contributed by atoms with Gasteiger partial charge in [-0.15, -0.1) is 11.3 Å². The number of hydrogen-bond acceptors (Lipinski definition) is 8. The molecule has 1 aliphatic heterocycles. The van der Waals surface area contributed by atoms with Crippen LogP contribution in [-0.4, -0.2) is 46.1 Å². The summed E-state index contributed by atoms with van der Waals surface area (Å²) in [6.07, 6.45) is 0. The first-order valence-electron chi connectivity index (χ1n) is 10.5. The van der Waals surface area contributed by atoms with E-state index in [2.05, 4.69) is 54.7 Å². The van der Waals surface area contributed by atoms with Crippen LogP contribution >= 0.6 is 11.3 Å². The maximum Gasteiger partial charge on any atom is 0.228 e. The van der Waals surface area contributed by atoms with Gasteiger partial charge in [-0.25, -0.2) is 15.0 Å². The smallest absolute Gasteiger partial charge is 0.228 e. The average molecular weight is 432 g/mol. The Bertz CT molecular complexity index is 1160. The van der Waals surface area contributed by atoms with Gasteiger partial charge in [-0.3, -0.25) is 0 Å². The lowest BCUT2D eigenvalue weighted by Gasteiger charge is -2.35. The number of aromatic nitrogens is 4. The van der Waals surface area contributed by atoms with Crippen LogP contribution in [0.15, 0.2) is 47.8 Å². The first-order chi connectivity index (χ1) is 15.2. The van der Waals surface area contributed by atoms with Crippen molar-refractivity contribution in [2.45, 2.75) is 20.4 Å². The maximum atomic E-state index is 4.91. The highest BCUT2D eigenvalue weighted by Gasteiger charge is 2.22. The van der Waals surface area contributed by atoms with E-state index >= 15 is 0 Å². The van der Waals surface area contributed by atoms with Crippen LogP contribution in [0.25, 0.3) is 10.9 Å². The minimum absolute atomic E-state index is 0.760. The third-order valence-electron chi connectivity index (χ3n) is 5.42. The van der Waals surface area contributed by atoms with E-state index in [0.29, 0.717) is 0 Å². The Morgan fingerprint density at radius 1 is 0.839 bits per heavy atom. The number of thiophene rings is 1. The van der Waals surface area contributed by atoms with Crippen LogP contribution < -0.4 is 15.1 Å². The number of hydrogen-bond donors (Lipinski definition) is 1. The zero-order valence-electron chi connectivity index (χ0n) is 17.7. The van der Waals surface area contributed by atoms with Crippen molar-refractivity contribution in [1.82, 2.24) is 19.9 Å². The third kappa shape index (κ3) is 4.29. The van der Waals surface area contributed by atoms with Crippen LogP contribution in [0.3, 0.4) is 0 Å². The molecule has 4 heterocycles. The molecule has 1 aliphatic rings. The van der Waals surface area contributed by atoms with Crippen LogP contribution in [0, 0.1) is 13.8 Å². The normalized spacial score (nSPS) is 14.3. The van der Waals surface area contributed by atoms with Gasteiger partial charge < -0.3 is 15.1 Å². The molecule has 0 unspecified atom stereocenters. The molecular weight excluding hydrogens is 406 g/mol. The van der Waals surface area contributed by atoms with Crippen molar-refractivity contribution in [1.29, 1.82) is 0 Å². The number of rotatable bonds is 5. The van der Waals surface area contributed by atoms with E-state index in [4.69, 9.17) is 9.97 Å². The van der Waals surface area contributed by atoms with Gasteiger partial charge in [0.2, 0.25) is 11.9 Å². The van der Waals surface area contributed by atoms with Crippen molar-refractivity contribution in [2.75, 3.05) is 41.3 Å². The highest BCUT2D eigenvalue weighted by molar-refractivity contribution is 7.09. The standard InChI is InChI=1S/C23H25N7S/c1-16-14-17(2)26-22(25-16)29-9-11-30(12-10-29)23-27-20-8-4-3-7-19(20)21(28-23)24-15-18-6-5-13-31-18/h3-8,13-14H,9-12,15H2,1-2H3,(H,24,27,28). The molecule has 5 rings (SSSR count). The predicted molar refractivity (Wildman–Crippen MR) is 127 cm³/mol. The van der Waals surface area contributed by atoms with E-state index < -0.39 is 0 Å². The second-order valence-corrected chi connectivity index (χ2v) is 8.78. The van der Waals surface area contributed by atoms with Crippen molar-refractivity contribution >= 4 is 40.0 Å². The Labute approximate surface area is 185 Å². The monoisotopic (exact) mass is 431 g/mol. The summed E-state index contributed by atoms with van der Waals surface area (Å²) in [5, 5.41) is 6.66. The van der Waals surface area contributed by atoms with Gasteiger partial charge >= 0.3 is 0 Å². The third-order valence-corrected chi connectivity index (χ3v) is 6.29. The number of anilines is 3. The fraction of sp³-hybridized carbons (Fsp3) is 0.304. The molecule has 0 bridgehead atoms. The molecule has 4 aromatic rings. The molecule has 1 N–H and O–H groups in total. The largest absolute Gasteiger partial charge is 0.364 e. The van der Waals surface area contributed by atoms with E-state index in [1.54, 1.807) is 11.3 Å². The van der Waals surface area contributed by atoms with Crippen molar-refractivity contribution < 1.29 is 0 Å². The molecule has 158 valence electrons. The number of nitrogens with zero attached hydrogens (tertiary/aromatic N) is 6. The highest BCUT2D eigenvalue weighted by Crippen LogP contribution is 2.25. The minimum Gasteiger partial charge on any atom is -0.364 e. The summed E-state index contributed by atoms with van der Waals surface area (Å²) in [6, 6.07) is 14.4. The first-order valence-corrected chi connectivity index (χ1v) is 11.4. The van der Waals surface area contributed by atoms with Gasteiger partial charge in [-0.05, 0) is 43.5 Å². The van der Waals surface area contributed by atoms with Gasteiger partial charge in [-0.2, -0.15) is 4.98 Å².